The highest BCUT2D eigenvalue weighted by Gasteiger charge is 2.12. The van der Waals surface area contributed by atoms with E-state index in [1.165, 1.54) is 22.4 Å². The van der Waals surface area contributed by atoms with Crippen molar-refractivity contribution in [1.29, 1.82) is 0 Å². The monoisotopic (exact) mass is 268 g/mol. The molecule has 2 aromatic rings. The van der Waals surface area contributed by atoms with E-state index in [9.17, 15) is 0 Å². The Morgan fingerprint density at radius 1 is 1.00 bits per heavy atom. The Balaban J connectivity index is 2.25. The zero-order chi connectivity index (χ0) is 14.5. The van der Waals surface area contributed by atoms with Gasteiger partial charge in [0.2, 0.25) is 0 Å². The molecule has 0 heterocycles. The van der Waals surface area contributed by atoms with Crippen molar-refractivity contribution in [3.8, 4) is 0 Å². The summed E-state index contributed by atoms with van der Waals surface area (Å²) in [5.74, 6) is 0. The largest absolute Gasteiger partial charge is 0.365 e. The van der Waals surface area contributed by atoms with Crippen LogP contribution < -0.4 is 10.6 Å². The predicted octanol–water partition coefficient (Wildman–Crippen LogP) is 3.87. The van der Waals surface area contributed by atoms with Gasteiger partial charge in [0.1, 0.15) is 0 Å². The van der Waals surface area contributed by atoms with Gasteiger partial charge in [0.15, 0.2) is 0 Å². The fourth-order valence-electron chi connectivity index (χ4n) is 2.37. The smallest absolute Gasteiger partial charge is 0.0434 e. The number of anilines is 1. The van der Waals surface area contributed by atoms with Crippen LogP contribution in [0.25, 0.3) is 0 Å². The molecular weight excluding hydrogens is 244 g/mol. The summed E-state index contributed by atoms with van der Waals surface area (Å²) in [7, 11) is 0. The Labute approximate surface area is 122 Å². The van der Waals surface area contributed by atoms with E-state index in [2.05, 4.69) is 74.2 Å². The molecule has 0 aliphatic rings. The van der Waals surface area contributed by atoms with E-state index in [1.807, 2.05) is 0 Å². The molecule has 0 fully saturated rings. The number of nitrogens with two attached hydrogens (primary N) is 1. The van der Waals surface area contributed by atoms with E-state index in [1.54, 1.807) is 0 Å². The Bertz CT molecular complexity index is 544. The van der Waals surface area contributed by atoms with Crippen molar-refractivity contribution >= 4 is 5.69 Å². The Hall–Kier alpha value is -1.80. The summed E-state index contributed by atoms with van der Waals surface area (Å²) >= 11 is 0. The van der Waals surface area contributed by atoms with Gasteiger partial charge in [0.05, 0.1) is 0 Å². The summed E-state index contributed by atoms with van der Waals surface area (Å²) in [6.45, 7) is 8.17. The molecule has 0 amide bonds. The van der Waals surface area contributed by atoms with Crippen LogP contribution in [0, 0.1) is 6.92 Å². The molecular formula is C18H24N2. The number of hydrogen-bond donors (Lipinski definition) is 1. The first-order valence-electron chi connectivity index (χ1n) is 7.22. The molecule has 0 aliphatic heterocycles. The van der Waals surface area contributed by atoms with Crippen molar-refractivity contribution in [2.45, 2.75) is 39.9 Å². The maximum absolute atomic E-state index is 5.67. The Morgan fingerprint density at radius 2 is 1.65 bits per heavy atom. The summed E-state index contributed by atoms with van der Waals surface area (Å²) in [5.41, 5.74) is 10.8. The third kappa shape index (κ3) is 3.40. The van der Waals surface area contributed by atoms with Crippen molar-refractivity contribution in [3.63, 3.8) is 0 Å². The maximum Gasteiger partial charge on any atom is 0.0434 e. The van der Waals surface area contributed by atoms with Gasteiger partial charge in [-0.25, -0.2) is 0 Å². The van der Waals surface area contributed by atoms with Gasteiger partial charge in [0.25, 0.3) is 0 Å². The summed E-state index contributed by atoms with van der Waals surface area (Å²) < 4.78 is 0. The second kappa shape index (κ2) is 6.58. The van der Waals surface area contributed by atoms with Crippen LogP contribution in [0.4, 0.5) is 5.69 Å². The van der Waals surface area contributed by atoms with Gasteiger partial charge < -0.3 is 10.6 Å². The minimum absolute atomic E-state index is 0.457. The highest BCUT2D eigenvalue weighted by molar-refractivity contribution is 5.49. The third-order valence-corrected chi connectivity index (χ3v) is 3.73. The topological polar surface area (TPSA) is 29.3 Å². The zero-order valence-electron chi connectivity index (χ0n) is 12.6. The molecule has 0 spiro atoms. The molecule has 0 atom stereocenters. The predicted molar refractivity (Wildman–Crippen MR) is 86.8 cm³/mol. The number of hydrogen-bond acceptors (Lipinski definition) is 2. The van der Waals surface area contributed by atoms with Crippen molar-refractivity contribution in [2.24, 2.45) is 5.73 Å². The van der Waals surface area contributed by atoms with Gasteiger partial charge in [0, 0.05) is 24.8 Å². The van der Waals surface area contributed by atoms with Crippen molar-refractivity contribution < 1.29 is 0 Å². The molecule has 2 heteroatoms. The summed E-state index contributed by atoms with van der Waals surface area (Å²) in [5, 5.41) is 0. The van der Waals surface area contributed by atoms with E-state index in [0.717, 1.165) is 6.54 Å². The first kappa shape index (κ1) is 14.6. The van der Waals surface area contributed by atoms with Crippen LogP contribution in [0.5, 0.6) is 0 Å². The van der Waals surface area contributed by atoms with Crippen LogP contribution in [0.1, 0.15) is 30.5 Å². The molecule has 0 aromatic heterocycles. The standard InChI is InChI=1S/C18H24N2/c1-14(2)20(13-17-7-5-4-6-15(17)3)18-10-8-16(12-19)9-11-18/h4-11,14H,12-13,19H2,1-3H3. The fourth-order valence-corrected chi connectivity index (χ4v) is 2.37. The van der Waals surface area contributed by atoms with Crippen LogP contribution >= 0.6 is 0 Å². The molecule has 20 heavy (non-hydrogen) atoms. The third-order valence-electron chi connectivity index (χ3n) is 3.73. The van der Waals surface area contributed by atoms with Gasteiger partial charge in [-0.3, -0.25) is 0 Å². The molecule has 0 aliphatic carbocycles. The SMILES string of the molecule is Cc1ccccc1CN(c1ccc(CN)cc1)C(C)C. The zero-order valence-corrected chi connectivity index (χ0v) is 12.6. The van der Waals surface area contributed by atoms with Crippen molar-refractivity contribution in [3.05, 3.63) is 65.2 Å². The molecule has 2 aromatic carbocycles. The molecule has 2 nitrogen and oxygen atoms in total. The molecule has 2 N–H and O–H groups in total. The minimum atomic E-state index is 0.457. The second-order valence-electron chi connectivity index (χ2n) is 5.52. The lowest BCUT2D eigenvalue weighted by Crippen LogP contribution is -2.30. The van der Waals surface area contributed by atoms with E-state index in [0.29, 0.717) is 12.6 Å². The number of nitrogens with zero attached hydrogens (tertiary/aromatic N) is 1. The molecule has 0 saturated carbocycles. The highest BCUT2D eigenvalue weighted by Crippen LogP contribution is 2.22. The lowest BCUT2D eigenvalue weighted by molar-refractivity contribution is 0.680. The Morgan fingerprint density at radius 3 is 2.20 bits per heavy atom. The van der Waals surface area contributed by atoms with Gasteiger partial charge in [-0.1, -0.05) is 36.4 Å². The molecule has 0 unspecified atom stereocenters. The summed E-state index contributed by atoms with van der Waals surface area (Å²) in [6, 6.07) is 17.6. The lowest BCUT2D eigenvalue weighted by atomic mass is 10.1. The van der Waals surface area contributed by atoms with Crippen molar-refractivity contribution in [2.75, 3.05) is 4.90 Å². The lowest BCUT2D eigenvalue weighted by Gasteiger charge is -2.30. The quantitative estimate of drug-likeness (QED) is 0.892. The molecule has 0 radical (unpaired) electrons. The molecule has 0 saturated heterocycles. The van der Waals surface area contributed by atoms with Crippen LogP contribution in [0.3, 0.4) is 0 Å². The number of rotatable bonds is 5. The molecule has 106 valence electrons. The van der Waals surface area contributed by atoms with Crippen LogP contribution in [-0.2, 0) is 13.1 Å². The minimum Gasteiger partial charge on any atom is -0.365 e. The second-order valence-corrected chi connectivity index (χ2v) is 5.52. The van der Waals surface area contributed by atoms with Crippen molar-refractivity contribution in [1.82, 2.24) is 0 Å². The van der Waals surface area contributed by atoms with Crippen LogP contribution in [0.15, 0.2) is 48.5 Å². The van der Waals surface area contributed by atoms with E-state index in [-0.39, 0.29) is 0 Å². The normalized spacial score (nSPS) is 10.8. The average Bonchev–Trinajstić information content (AvgIpc) is 2.46. The summed E-state index contributed by atoms with van der Waals surface area (Å²) in [6.07, 6.45) is 0. The molecule has 0 bridgehead atoms. The number of aryl methyl sites for hydroxylation is 1. The van der Waals surface area contributed by atoms with Crippen LogP contribution in [0.2, 0.25) is 0 Å². The van der Waals surface area contributed by atoms with Gasteiger partial charge in [-0.15, -0.1) is 0 Å². The van der Waals surface area contributed by atoms with Gasteiger partial charge in [-0.2, -0.15) is 0 Å². The highest BCUT2D eigenvalue weighted by atomic mass is 15.1. The van der Waals surface area contributed by atoms with E-state index >= 15 is 0 Å². The maximum atomic E-state index is 5.67. The Kier molecular flexibility index (Phi) is 4.80. The first-order valence-corrected chi connectivity index (χ1v) is 7.22. The van der Waals surface area contributed by atoms with Gasteiger partial charge in [-0.05, 0) is 49.6 Å². The first-order chi connectivity index (χ1) is 9.61. The average molecular weight is 268 g/mol. The fraction of sp³-hybridized carbons (Fsp3) is 0.333. The number of benzene rings is 2. The van der Waals surface area contributed by atoms with E-state index < -0.39 is 0 Å². The summed E-state index contributed by atoms with van der Waals surface area (Å²) in [4.78, 5) is 2.42. The van der Waals surface area contributed by atoms with E-state index in [4.69, 9.17) is 5.73 Å². The van der Waals surface area contributed by atoms with Crippen LogP contribution in [-0.4, -0.2) is 6.04 Å². The molecule has 2 rings (SSSR count). The van der Waals surface area contributed by atoms with Gasteiger partial charge >= 0.3 is 0 Å².